The van der Waals surface area contributed by atoms with Crippen LogP contribution in [0.15, 0.2) is 77.7 Å². The highest BCUT2D eigenvalue weighted by Gasteiger charge is 2.32. The average molecular weight is 634 g/mol. The molecule has 0 unspecified atom stereocenters. The summed E-state index contributed by atoms with van der Waals surface area (Å²) in [5, 5.41) is 13.6. The van der Waals surface area contributed by atoms with Crippen LogP contribution in [0.25, 0.3) is 11.1 Å². The van der Waals surface area contributed by atoms with E-state index in [1.165, 1.54) is 6.07 Å². The molecule has 0 spiro atoms. The molecule has 12 heteroatoms. The van der Waals surface area contributed by atoms with E-state index in [-0.39, 0.29) is 40.7 Å². The maximum Gasteiger partial charge on any atom is 0.315 e. The topological polar surface area (TPSA) is 184 Å². The molecule has 240 valence electrons. The van der Waals surface area contributed by atoms with Crippen molar-refractivity contribution in [3.63, 3.8) is 0 Å². The number of amides is 3. The first-order valence-electron chi connectivity index (χ1n) is 15.0. The van der Waals surface area contributed by atoms with Crippen molar-refractivity contribution in [2.75, 3.05) is 13.1 Å². The average Bonchev–Trinajstić information content (AvgIpc) is 3.00. The van der Waals surface area contributed by atoms with Crippen LogP contribution >= 0.6 is 0 Å². The van der Waals surface area contributed by atoms with Crippen LogP contribution in [0.1, 0.15) is 50.3 Å². The molecule has 0 saturated carbocycles. The first kappa shape index (κ1) is 33.6. The van der Waals surface area contributed by atoms with Gasteiger partial charge in [-0.15, -0.1) is 0 Å². The Morgan fingerprint density at radius 3 is 2.24 bits per heavy atom. The predicted molar refractivity (Wildman–Crippen MR) is 176 cm³/mol. The zero-order valence-electron chi connectivity index (χ0n) is 26.0. The number of likely N-dealkylation sites (tertiary alicyclic amines) is 1. The van der Waals surface area contributed by atoms with Crippen molar-refractivity contribution in [2.24, 2.45) is 11.5 Å². The number of nitrogens with zero attached hydrogens (tertiary/aromatic N) is 1. The van der Waals surface area contributed by atoms with Crippen LogP contribution in [0.4, 0.5) is 4.79 Å². The molecule has 45 heavy (non-hydrogen) atoms. The number of benzene rings is 3. The number of sulfonamides is 1. The lowest BCUT2D eigenvalue weighted by Gasteiger charge is -2.35. The molecule has 1 fully saturated rings. The molecule has 0 radical (unpaired) electrons. The molecule has 1 saturated heterocycles. The Kier molecular flexibility index (Phi) is 10.6. The van der Waals surface area contributed by atoms with Gasteiger partial charge in [0.05, 0.1) is 4.90 Å². The lowest BCUT2D eigenvalue weighted by molar-refractivity contribution is -0.134. The quantitative estimate of drug-likeness (QED) is 0.147. The summed E-state index contributed by atoms with van der Waals surface area (Å²) in [4.78, 5) is 27.9. The second kappa shape index (κ2) is 14.2. The van der Waals surface area contributed by atoms with Crippen molar-refractivity contribution in [2.45, 2.75) is 69.1 Å². The number of hydrogen-bond donors (Lipinski definition) is 6. The first-order valence-corrected chi connectivity index (χ1v) is 16.4. The summed E-state index contributed by atoms with van der Waals surface area (Å²) in [7, 11) is -4.13. The minimum atomic E-state index is -4.13. The molecule has 1 atom stereocenters. The Labute approximate surface area is 265 Å². The summed E-state index contributed by atoms with van der Waals surface area (Å²) in [6, 6.07) is 19.5. The van der Waals surface area contributed by atoms with Gasteiger partial charge in [-0.25, -0.2) is 13.2 Å². The number of urea groups is 1. The largest absolute Gasteiger partial charge is 0.384 e. The number of nitrogens with two attached hydrogens (primary N) is 2. The second-order valence-electron chi connectivity index (χ2n) is 12.4. The number of rotatable bonds is 10. The number of nitrogen functional groups attached to an aromatic ring is 1. The third kappa shape index (κ3) is 9.37. The van der Waals surface area contributed by atoms with Gasteiger partial charge in [-0.2, -0.15) is 4.72 Å². The maximum atomic E-state index is 13.9. The fourth-order valence-electron chi connectivity index (χ4n) is 5.24. The van der Waals surface area contributed by atoms with E-state index in [2.05, 4.69) is 15.4 Å². The molecule has 3 amide bonds. The van der Waals surface area contributed by atoms with Gasteiger partial charge >= 0.3 is 6.03 Å². The lowest BCUT2D eigenvalue weighted by atomic mass is 10.0. The molecule has 0 bridgehead atoms. The Hall–Kier alpha value is -4.26. The SMILES string of the molecule is CC(C)(C)NC(=O)NC1CCN(C(=O)[C@H](Cc2cccc(C(=N)N)c2)NS(=O)(=O)c2cccc(-c3ccc(CN)cc3)c2)CC1. The summed E-state index contributed by atoms with van der Waals surface area (Å²) < 4.78 is 30.2. The van der Waals surface area contributed by atoms with Crippen LogP contribution in [0.2, 0.25) is 0 Å². The van der Waals surface area contributed by atoms with E-state index in [0.717, 1.165) is 11.1 Å². The van der Waals surface area contributed by atoms with Gasteiger partial charge in [0.2, 0.25) is 15.9 Å². The third-order valence-electron chi connectivity index (χ3n) is 7.57. The van der Waals surface area contributed by atoms with Gasteiger partial charge in [-0.1, -0.05) is 54.6 Å². The van der Waals surface area contributed by atoms with Crippen LogP contribution in [0, 0.1) is 5.41 Å². The van der Waals surface area contributed by atoms with E-state index in [9.17, 15) is 18.0 Å². The van der Waals surface area contributed by atoms with Gasteiger partial charge in [-0.05, 0) is 80.5 Å². The van der Waals surface area contributed by atoms with E-state index in [1.807, 2.05) is 51.1 Å². The molecule has 1 heterocycles. The number of amidine groups is 1. The normalized spacial score (nSPS) is 14.9. The maximum absolute atomic E-state index is 13.9. The Morgan fingerprint density at radius 2 is 1.62 bits per heavy atom. The zero-order valence-corrected chi connectivity index (χ0v) is 26.8. The molecule has 11 nitrogen and oxygen atoms in total. The standard InChI is InChI=1S/C33H43N7O4S/c1-33(2,3)38-32(42)37-27-14-16-40(17-15-27)31(41)29(19-23-6-4-8-26(18-23)30(35)36)39-45(43,44)28-9-5-7-25(20-28)24-12-10-22(21-34)11-13-24/h4-13,18,20,27,29,39H,14-17,19,21,34H2,1-3H3,(H3,35,36)(H2,37,38,42)/t29-/m0/s1. The molecule has 1 aliphatic heterocycles. The summed E-state index contributed by atoms with van der Waals surface area (Å²) in [6.45, 7) is 6.83. The highest BCUT2D eigenvalue weighted by Crippen LogP contribution is 2.24. The summed E-state index contributed by atoms with van der Waals surface area (Å²) in [5.41, 5.74) is 14.7. The van der Waals surface area contributed by atoms with Gasteiger partial charge in [0.25, 0.3) is 0 Å². The first-order chi connectivity index (χ1) is 21.2. The minimum Gasteiger partial charge on any atom is -0.384 e. The molecule has 0 aromatic heterocycles. The van der Waals surface area contributed by atoms with Crippen molar-refractivity contribution in [3.05, 3.63) is 89.5 Å². The van der Waals surface area contributed by atoms with Gasteiger partial charge in [-0.3, -0.25) is 10.2 Å². The fourth-order valence-corrected chi connectivity index (χ4v) is 6.47. The number of piperidine rings is 1. The van der Waals surface area contributed by atoms with Gasteiger partial charge in [0.1, 0.15) is 11.9 Å². The van der Waals surface area contributed by atoms with Crippen molar-refractivity contribution in [1.82, 2.24) is 20.3 Å². The molecular formula is C33H43N7O4S. The van der Waals surface area contributed by atoms with E-state index >= 15 is 0 Å². The molecule has 4 rings (SSSR count). The van der Waals surface area contributed by atoms with E-state index in [1.54, 1.807) is 41.3 Å². The highest BCUT2D eigenvalue weighted by atomic mass is 32.2. The van der Waals surface area contributed by atoms with Crippen LogP contribution in [0.3, 0.4) is 0 Å². The van der Waals surface area contributed by atoms with Gasteiger partial charge in [0, 0.05) is 36.8 Å². The monoisotopic (exact) mass is 633 g/mol. The van der Waals surface area contributed by atoms with E-state index < -0.39 is 16.1 Å². The van der Waals surface area contributed by atoms with Crippen LogP contribution in [-0.4, -0.2) is 61.8 Å². The van der Waals surface area contributed by atoms with Crippen molar-refractivity contribution in [1.29, 1.82) is 5.41 Å². The van der Waals surface area contributed by atoms with Crippen molar-refractivity contribution < 1.29 is 18.0 Å². The van der Waals surface area contributed by atoms with Crippen molar-refractivity contribution >= 4 is 27.8 Å². The zero-order chi connectivity index (χ0) is 32.8. The molecule has 3 aromatic carbocycles. The smallest absolute Gasteiger partial charge is 0.315 e. The lowest BCUT2D eigenvalue weighted by Crippen LogP contribution is -2.55. The minimum absolute atomic E-state index is 0.0333. The molecule has 0 aliphatic carbocycles. The number of carbonyl (C=O) groups is 2. The predicted octanol–water partition coefficient (Wildman–Crippen LogP) is 3.07. The fraction of sp³-hybridized carbons (Fsp3) is 0.364. The van der Waals surface area contributed by atoms with Crippen LogP contribution in [-0.2, 0) is 27.8 Å². The number of nitrogens with one attached hydrogen (secondary N) is 4. The van der Waals surface area contributed by atoms with E-state index in [4.69, 9.17) is 16.9 Å². The Balaban J connectivity index is 1.54. The third-order valence-corrected chi connectivity index (χ3v) is 9.04. The highest BCUT2D eigenvalue weighted by molar-refractivity contribution is 7.89. The van der Waals surface area contributed by atoms with Gasteiger partial charge in [0.15, 0.2) is 0 Å². The molecule has 3 aromatic rings. The van der Waals surface area contributed by atoms with Crippen LogP contribution in [0.5, 0.6) is 0 Å². The number of carbonyl (C=O) groups excluding carboxylic acids is 2. The molecular weight excluding hydrogens is 590 g/mol. The molecule has 1 aliphatic rings. The second-order valence-corrected chi connectivity index (χ2v) is 14.1. The summed E-state index contributed by atoms with van der Waals surface area (Å²) >= 11 is 0. The molecule has 8 N–H and O–H groups in total. The van der Waals surface area contributed by atoms with Gasteiger partial charge < -0.3 is 27.0 Å². The Bertz CT molecular complexity index is 1630. The Morgan fingerprint density at radius 1 is 0.956 bits per heavy atom. The number of hydrogen-bond acceptors (Lipinski definition) is 6. The summed E-state index contributed by atoms with van der Waals surface area (Å²) in [5.74, 6) is -0.486. The van der Waals surface area contributed by atoms with Crippen molar-refractivity contribution in [3.8, 4) is 11.1 Å². The van der Waals surface area contributed by atoms with E-state index in [0.29, 0.717) is 49.2 Å². The van der Waals surface area contributed by atoms with Crippen LogP contribution < -0.4 is 26.8 Å². The summed E-state index contributed by atoms with van der Waals surface area (Å²) in [6.07, 6.45) is 1.13.